The van der Waals surface area contributed by atoms with Gasteiger partial charge in [0.05, 0.1) is 0 Å². The van der Waals surface area contributed by atoms with Crippen LogP contribution in [0.15, 0.2) is 30.3 Å². The quantitative estimate of drug-likeness (QED) is 0.181. The minimum Gasteiger partial charge on any atom is -0.366 e. The molecule has 0 fully saturated rings. The van der Waals surface area contributed by atoms with Crippen LogP contribution in [0.2, 0.25) is 0 Å². The minimum absolute atomic E-state index is 0. The number of benzene rings is 1. The molecule has 1 aromatic carbocycles. The number of hydrogen-bond donors (Lipinski definition) is 0. The van der Waals surface area contributed by atoms with Crippen molar-refractivity contribution in [3.63, 3.8) is 0 Å². The molecule has 0 bridgehead atoms. The molecule has 0 aliphatic rings. The SMILES string of the molecule is CP(C)CCP(C)C.CP(C)CCP(C)C.[C-]#Cc1ccccc1.[CH3-].[Fe+2]. The Balaban J connectivity index is -0.000000134. The second-order valence-electron chi connectivity index (χ2n) is 6.70. The van der Waals surface area contributed by atoms with Gasteiger partial charge in [-0.15, -0.1) is 49.4 Å². The zero-order chi connectivity index (χ0) is 19.0. The summed E-state index contributed by atoms with van der Waals surface area (Å²) in [4.78, 5) is 0. The molecule has 26 heavy (non-hydrogen) atoms. The molecule has 0 aliphatic carbocycles. The van der Waals surface area contributed by atoms with Gasteiger partial charge in [0.15, 0.2) is 0 Å². The first-order valence-corrected chi connectivity index (χ1v) is 17.9. The van der Waals surface area contributed by atoms with Crippen molar-refractivity contribution in [3.05, 3.63) is 49.7 Å². The molecular formula is C21H40FeP4. The summed E-state index contributed by atoms with van der Waals surface area (Å²) < 4.78 is 0. The number of rotatable bonds is 6. The van der Waals surface area contributed by atoms with Crippen molar-refractivity contribution in [2.45, 2.75) is 0 Å². The second kappa shape index (κ2) is 24.1. The predicted molar refractivity (Wildman–Crippen MR) is 134 cm³/mol. The normalized spacial score (nSPS) is 9.35. The van der Waals surface area contributed by atoms with E-state index in [1.165, 1.54) is 24.6 Å². The zero-order valence-electron chi connectivity index (χ0n) is 18.4. The van der Waals surface area contributed by atoms with Crippen LogP contribution in [0.1, 0.15) is 5.56 Å². The zero-order valence-corrected chi connectivity index (χ0v) is 23.0. The molecule has 0 heterocycles. The molecule has 1 aromatic rings. The van der Waals surface area contributed by atoms with Crippen LogP contribution in [0.5, 0.6) is 0 Å². The summed E-state index contributed by atoms with van der Waals surface area (Å²) in [5.74, 6) is 2.28. The first-order valence-electron chi connectivity index (χ1n) is 8.25. The summed E-state index contributed by atoms with van der Waals surface area (Å²) in [5, 5.41) is 0. The smallest absolute Gasteiger partial charge is 0.366 e. The molecule has 0 amide bonds. The fourth-order valence-corrected chi connectivity index (χ4v) is 7.72. The molecule has 1 rings (SSSR count). The molecule has 0 N–H and O–H groups in total. The van der Waals surface area contributed by atoms with Crippen LogP contribution < -0.4 is 0 Å². The van der Waals surface area contributed by atoms with E-state index in [2.05, 4.69) is 59.2 Å². The van der Waals surface area contributed by atoms with E-state index in [1.54, 1.807) is 0 Å². The van der Waals surface area contributed by atoms with Crippen molar-refractivity contribution in [2.75, 3.05) is 78.0 Å². The van der Waals surface area contributed by atoms with Gasteiger partial charge in [-0.1, -0.05) is 18.2 Å². The molecule has 5 heteroatoms. The summed E-state index contributed by atoms with van der Waals surface area (Å²) in [6.07, 6.45) is 12.6. The van der Waals surface area contributed by atoms with Gasteiger partial charge in [-0.3, -0.25) is 5.92 Å². The third-order valence-electron chi connectivity index (χ3n) is 2.91. The summed E-state index contributed by atoms with van der Waals surface area (Å²) in [6.45, 7) is 18.8. The molecule has 0 nitrogen and oxygen atoms in total. The maximum Gasteiger partial charge on any atom is 2.00 e. The van der Waals surface area contributed by atoms with Gasteiger partial charge in [0.1, 0.15) is 0 Å². The Bertz CT molecular complexity index is 380. The van der Waals surface area contributed by atoms with Crippen molar-refractivity contribution >= 4 is 31.7 Å². The molecule has 0 aromatic heterocycles. The number of hydrogen-bond acceptors (Lipinski definition) is 0. The van der Waals surface area contributed by atoms with Crippen molar-refractivity contribution in [1.29, 1.82) is 0 Å². The van der Waals surface area contributed by atoms with Crippen LogP contribution >= 0.6 is 31.7 Å². The van der Waals surface area contributed by atoms with Crippen LogP contribution in [-0.4, -0.2) is 78.0 Å². The standard InChI is InChI=1S/C8H5.2C6H16P2.CH3.Fe/c1-2-8-6-4-3-5-7-8;2*1-7(2)5-6-8(3)4;;/h3-7H;2*5-6H2,1-4H3;1H3;/q-1;;;-1;+2. The van der Waals surface area contributed by atoms with Crippen LogP contribution in [0, 0.1) is 19.8 Å². The second-order valence-corrected chi connectivity index (χ2v) is 17.1. The van der Waals surface area contributed by atoms with E-state index in [0.717, 1.165) is 5.56 Å². The Morgan fingerprint density at radius 3 is 1.08 bits per heavy atom. The fraction of sp³-hybridized carbons (Fsp3) is 0.571. The van der Waals surface area contributed by atoms with Crippen molar-refractivity contribution in [1.82, 2.24) is 0 Å². The van der Waals surface area contributed by atoms with E-state index in [9.17, 15) is 0 Å². The maximum absolute atomic E-state index is 6.69. The van der Waals surface area contributed by atoms with E-state index in [0.29, 0.717) is 31.7 Å². The van der Waals surface area contributed by atoms with E-state index in [-0.39, 0.29) is 24.5 Å². The summed E-state index contributed by atoms with van der Waals surface area (Å²) in [7, 11) is 1.53. The molecule has 0 aliphatic heterocycles. The van der Waals surface area contributed by atoms with Crippen LogP contribution in [-0.2, 0) is 17.1 Å². The molecule has 0 radical (unpaired) electrons. The molecule has 152 valence electrons. The van der Waals surface area contributed by atoms with Crippen molar-refractivity contribution in [3.8, 4) is 5.92 Å². The van der Waals surface area contributed by atoms with Gasteiger partial charge in [-0.05, 0) is 78.0 Å². The van der Waals surface area contributed by atoms with E-state index >= 15 is 0 Å². The van der Waals surface area contributed by atoms with Crippen LogP contribution in [0.25, 0.3) is 0 Å². The molecule has 0 unspecified atom stereocenters. The van der Waals surface area contributed by atoms with Crippen LogP contribution in [0.3, 0.4) is 0 Å². The third-order valence-corrected chi connectivity index (χ3v) is 8.08. The van der Waals surface area contributed by atoms with Crippen molar-refractivity contribution < 1.29 is 17.1 Å². The Morgan fingerprint density at radius 2 is 0.923 bits per heavy atom. The van der Waals surface area contributed by atoms with E-state index < -0.39 is 0 Å². The van der Waals surface area contributed by atoms with Gasteiger partial charge in [0.2, 0.25) is 0 Å². The Kier molecular flexibility index (Phi) is 31.9. The van der Waals surface area contributed by atoms with Crippen LogP contribution in [0.4, 0.5) is 0 Å². The van der Waals surface area contributed by atoms with Gasteiger partial charge in [-0.25, -0.2) is 0 Å². The maximum atomic E-state index is 6.69. The van der Waals surface area contributed by atoms with Gasteiger partial charge in [0, 0.05) is 0 Å². The van der Waals surface area contributed by atoms with Gasteiger partial charge in [0.25, 0.3) is 0 Å². The Labute approximate surface area is 182 Å². The summed E-state index contributed by atoms with van der Waals surface area (Å²) in [5.41, 5.74) is 0.826. The Hall–Kier alpha value is 1.02. The third kappa shape index (κ3) is 32.7. The fourth-order valence-electron chi connectivity index (χ4n) is 1.32. The topological polar surface area (TPSA) is 0 Å². The monoisotopic (exact) mass is 472 g/mol. The minimum atomic E-state index is 0. The largest absolute Gasteiger partial charge is 2.00 e. The average Bonchev–Trinajstić information content (AvgIpc) is 2.53. The van der Waals surface area contributed by atoms with Gasteiger partial charge < -0.3 is 13.9 Å². The predicted octanol–water partition coefficient (Wildman–Crippen LogP) is 7.01. The van der Waals surface area contributed by atoms with Crippen molar-refractivity contribution in [2.24, 2.45) is 0 Å². The van der Waals surface area contributed by atoms with E-state index in [1.807, 2.05) is 30.3 Å². The molecular weight excluding hydrogens is 432 g/mol. The molecule has 0 atom stereocenters. The molecule has 0 saturated carbocycles. The van der Waals surface area contributed by atoms with E-state index in [4.69, 9.17) is 6.42 Å². The molecule has 0 saturated heterocycles. The summed E-state index contributed by atoms with van der Waals surface area (Å²) >= 11 is 0. The average molecular weight is 472 g/mol. The molecule has 0 spiro atoms. The van der Waals surface area contributed by atoms with Gasteiger partial charge >= 0.3 is 17.1 Å². The first-order chi connectivity index (χ1) is 11.2. The first kappa shape index (κ1) is 34.5. The van der Waals surface area contributed by atoms with Gasteiger partial charge in [-0.2, -0.15) is 0 Å². The Morgan fingerprint density at radius 1 is 0.654 bits per heavy atom. The summed E-state index contributed by atoms with van der Waals surface area (Å²) in [6, 6.07) is 9.37.